The normalized spacial score (nSPS) is 16.6. The average molecular weight is 312 g/mol. The van der Waals surface area contributed by atoms with Crippen LogP contribution in [0.5, 0.6) is 5.75 Å². The molecule has 0 amide bonds. The zero-order valence-corrected chi connectivity index (χ0v) is 12.0. The van der Waals surface area contributed by atoms with Crippen molar-refractivity contribution in [3.05, 3.63) is 57.8 Å². The summed E-state index contributed by atoms with van der Waals surface area (Å²) in [6.07, 6.45) is 0.639. The quantitative estimate of drug-likeness (QED) is 0.898. The Hall–Kier alpha value is -1.45. The molecule has 1 unspecified atom stereocenters. The molecule has 2 aromatic carbocycles. The average Bonchev–Trinajstić information content (AvgIpc) is 2.81. The molecular weight excluding hydrogens is 300 g/mol. The monoisotopic (exact) mass is 311 g/mol. The van der Waals surface area contributed by atoms with Gasteiger partial charge in [0.1, 0.15) is 17.7 Å². The van der Waals surface area contributed by atoms with Crippen molar-refractivity contribution in [1.29, 1.82) is 0 Å². The van der Waals surface area contributed by atoms with E-state index >= 15 is 0 Å². The van der Waals surface area contributed by atoms with Gasteiger partial charge in [-0.15, -0.1) is 0 Å². The maximum Gasteiger partial charge on any atom is 0.123 e. The summed E-state index contributed by atoms with van der Waals surface area (Å²) in [4.78, 5) is 0. The first-order valence-corrected chi connectivity index (χ1v) is 7.01. The Balaban J connectivity index is 1.65. The van der Waals surface area contributed by atoms with Crippen molar-refractivity contribution in [3.63, 3.8) is 0 Å². The molecule has 1 aliphatic heterocycles. The lowest BCUT2D eigenvalue weighted by Crippen LogP contribution is -2.24. The number of ether oxygens (including phenoxy) is 1. The molecule has 1 atom stereocenters. The van der Waals surface area contributed by atoms with Gasteiger partial charge < -0.3 is 10.1 Å². The third kappa shape index (κ3) is 2.84. The highest BCUT2D eigenvalue weighted by molar-refractivity contribution is 6.35. The molecule has 0 spiro atoms. The molecule has 0 aromatic heterocycles. The summed E-state index contributed by atoms with van der Waals surface area (Å²) in [5, 5.41) is 4.44. The maximum absolute atomic E-state index is 13.1. The Morgan fingerprint density at radius 1 is 1.20 bits per heavy atom. The van der Waals surface area contributed by atoms with Crippen molar-refractivity contribution in [3.8, 4) is 5.75 Å². The highest BCUT2D eigenvalue weighted by Gasteiger charge is 2.23. The van der Waals surface area contributed by atoms with Crippen LogP contribution in [0, 0.1) is 5.82 Å². The van der Waals surface area contributed by atoms with Gasteiger partial charge in [0.15, 0.2) is 0 Å². The summed E-state index contributed by atoms with van der Waals surface area (Å²) in [6.45, 7) is 0.580. The fraction of sp³-hybridized carbons (Fsp3) is 0.200. The van der Waals surface area contributed by atoms with E-state index in [2.05, 4.69) is 5.32 Å². The standard InChI is InChI=1S/C15H12Cl2FNO/c16-10-1-3-13(17)14(7-10)19-8-12-6-9-5-11(18)2-4-15(9)20-12/h1-5,7,12,19H,6,8H2. The van der Waals surface area contributed by atoms with Crippen LogP contribution < -0.4 is 10.1 Å². The van der Waals surface area contributed by atoms with Crippen LogP contribution in [0.3, 0.4) is 0 Å². The Morgan fingerprint density at radius 3 is 2.90 bits per heavy atom. The second-order valence-corrected chi connectivity index (χ2v) is 5.54. The van der Waals surface area contributed by atoms with E-state index in [1.165, 1.54) is 12.1 Å². The molecule has 1 heterocycles. The first-order valence-electron chi connectivity index (χ1n) is 6.26. The van der Waals surface area contributed by atoms with Gasteiger partial charge in [0.2, 0.25) is 0 Å². The minimum Gasteiger partial charge on any atom is -0.488 e. The van der Waals surface area contributed by atoms with E-state index in [1.54, 1.807) is 24.3 Å². The Labute approximate surface area is 126 Å². The number of benzene rings is 2. The Kier molecular flexibility index (Phi) is 3.72. The second-order valence-electron chi connectivity index (χ2n) is 4.70. The molecule has 5 heteroatoms. The van der Waals surface area contributed by atoms with E-state index < -0.39 is 0 Å². The third-order valence-corrected chi connectivity index (χ3v) is 3.78. The van der Waals surface area contributed by atoms with E-state index in [4.69, 9.17) is 27.9 Å². The van der Waals surface area contributed by atoms with Crippen LogP contribution in [0.2, 0.25) is 10.0 Å². The van der Waals surface area contributed by atoms with Crippen molar-refractivity contribution in [2.24, 2.45) is 0 Å². The van der Waals surface area contributed by atoms with Crippen molar-refractivity contribution >= 4 is 28.9 Å². The van der Waals surface area contributed by atoms with E-state index in [0.29, 0.717) is 23.0 Å². The van der Waals surface area contributed by atoms with Gasteiger partial charge in [0, 0.05) is 17.0 Å². The molecular formula is C15H12Cl2FNO. The molecule has 0 saturated heterocycles. The van der Waals surface area contributed by atoms with Crippen molar-refractivity contribution < 1.29 is 9.13 Å². The number of halogens is 3. The van der Waals surface area contributed by atoms with Gasteiger partial charge in [-0.25, -0.2) is 4.39 Å². The van der Waals surface area contributed by atoms with Gasteiger partial charge in [-0.1, -0.05) is 23.2 Å². The zero-order chi connectivity index (χ0) is 14.1. The summed E-state index contributed by atoms with van der Waals surface area (Å²) >= 11 is 12.0. The van der Waals surface area contributed by atoms with E-state index in [-0.39, 0.29) is 11.9 Å². The number of rotatable bonds is 3. The van der Waals surface area contributed by atoms with Crippen LogP contribution in [0.1, 0.15) is 5.56 Å². The van der Waals surface area contributed by atoms with Crippen LogP contribution in [0.25, 0.3) is 0 Å². The topological polar surface area (TPSA) is 21.3 Å². The predicted octanol–water partition coefficient (Wildman–Crippen LogP) is 4.55. The fourth-order valence-electron chi connectivity index (χ4n) is 2.26. The fourth-order valence-corrected chi connectivity index (χ4v) is 2.62. The smallest absolute Gasteiger partial charge is 0.123 e. The molecule has 0 aliphatic carbocycles. The number of anilines is 1. The van der Waals surface area contributed by atoms with Crippen LogP contribution >= 0.6 is 23.2 Å². The molecule has 20 heavy (non-hydrogen) atoms. The lowest BCUT2D eigenvalue weighted by molar-refractivity contribution is 0.246. The Morgan fingerprint density at radius 2 is 2.05 bits per heavy atom. The van der Waals surface area contributed by atoms with E-state index in [0.717, 1.165) is 17.0 Å². The highest BCUT2D eigenvalue weighted by atomic mass is 35.5. The third-order valence-electron chi connectivity index (χ3n) is 3.21. The lowest BCUT2D eigenvalue weighted by Gasteiger charge is -2.14. The molecule has 1 N–H and O–H groups in total. The molecule has 0 saturated carbocycles. The molecule has 0 fully saturated rings. The van der Waals surface area contributed by atoms with Gasteiger partial charge >= 0.3 is 0 Å². The summed E-state index contributed by atoms with van der Waals surface area (Å²) < 4.78 is 18.9. The van der Waals surface area contributed by atoms with Crippen LogP contribution in [0.15, 0.2) is 36.4 Å². The van der Waals surface area contributed by atoms with Gasteiger partial charge in [-0.05, 0) is 36.4 Å². The molecule has 1 aliphatic rings. The molecule has 3 rings (SSSR count). The minimum absolute atomic E-state index is 0.0400. The highest BCUT2D eigenvalue weighted by Crippen LogP contribution is 2.30. The van der Waals surface area contributed by atoms with Gasteiger partial charge in [0.25, 0.3) is 0 Å². The summed E-state index contributed by atoms with van der Waals surface area (Å²) in [7, 11) is 0. The first-order chi connectivity index (χ1) is 9.61. The summed E-state index contributed by atoms with van der Waals surface area (Å²) in [6, 6.07) is 9.83. The molecule has 0 radical (unpaired) electrons. The number of hydrogen-bond acceptors (Lipinski definition) is 2. The van der Waals surface area contributed by atoms with E-state index in [9.17, 15) is 4.39 Å². The second kappa shape index (κ2) is 5.51. The van der Waals surface area contributed by atoms with Crippen LogP contribution in [-0.4, -0.2) is 12.6 Å². The molecule has 0 bridgehead atoms. The SMILES string of the molecule is Fc1ccc2c(c1)CC(CNc1cc(Cl)ccc1Cl)O2. The van der Waals surface area contributed by atoms with Crippen LogP contribution in [-0.2, 0) is 6.42 Å². The van der Waals surface area contributed by atoms with Gasteiger partial charge in [-0.3, -0.25) is 0 Å². The van der Waals surface area contributed by atoms with Gasteiger partial charge in [0.05, 0.1) is 17.3 Å². The number of hydrogen-bond donors (Lipinski definition) is 1. The number of fused-ring (bicyclic) bond motifs is 1. The first kappa shape index (κ1) is 13.5. The molecule has 104 valence electrons. The van der Waals surface area contributed by atoms with Crippen molar-refractivity contribution in [2.45, 2.75) is 12.5 Å². The summed E-state index contributed by atoms with van der Waals surface area (Å²) in [5.74, 6) is 0.509. The van der Waals surface area contributed by atoms with E-state index in [1.807, 2.05) is 0 Å². The van der Waals surface area contributed by atoms with Gasteiger partial charge in [-0.2, -0.15) is 0 Å². The maximum atomic E-state index is 13.1. The Bertz CT molecular complexity index is 648. The van der Waals surface area contributed by atoms with Crippen molar-refractivity contribution in [2.75, 3.05) is 11.9 Å². The largest absolute Gasteiger partial charge is 0.488 e. The molecule has 2 nitrogen and oxygen atoms in total. The minimum atomic E-state index is -0.237. The summed E-state index contributed by atoms with van der Waals surface area (Å²) in [5.41, 5.74) is 1.67. The number of nitrogens with one attached hydrogen (secondary N) is 1. The van der Waals surface area contributed by atoms with Crippen molar-refractivity contribution in [1.82, 2.24) is 0 Å². The van der Waals surface area contributed by atoms with Crippen LogP contribution in [0.4, 0.5) is 10.1 Å². The lowest BCUT2D eigenvalue weighted by atomic mass is 10.1. The zero-order valence-electron chi connectivity index (χ0n) is 10.5. The molecule has 2 aromatic rings. The predicted molar refractivity (Wildman–Crippen MR) is 79.5 cm³/mol.